The Morgan fingerprint density at radius 2 is 2.11 bits per heavy atom. The Balaban J connectivity index is 4.37. The molecular formula is C13H24N2O4. The zero-order valence-electron chi connectivity index (χ0n) is 11.9. The van der Waals surface area contributed by atoms with Gasteiger partial charge >= 0.3 is 12.0 Å². The second-order valence-electron chi connectivity index (χ2n) is 4.60. The lowest BCUT2D eigenvalue weighted by Crippen LogP contribution is -2.45. The summed E-state index contributed by atoms with van der Waals surface area (Å²) in [6.45, 7) is 8.60. The zero-order valence-corrected chi connectivity index (χ0v) is 11.9. The summed E-state index contributed by atoms with van der Waals surface area (Å²) < 4.78 is 4.92. The van der Waals surface area contributed by atoms with Gasteiger partial charge in [0.15, 0.2) is 0 Å². The predicted molar refractivity (Wildman–Crippen MR) is 73.0 cm³/mol. The molecular weight excluding hydrogens is 248 g/mol. The van der Waals surface area contributed by atoms with Crippen LogP contribution in [-0.2, 0) is 9.53 Å². The average molecular weight is 272 g/mol. The van der Waals surface area contributed by atoms with Crippen LogP contribution in [0.4, 0.5) is 4.79 Å². The summed E-state index contributed by atoms with van der Waals surface area (Å²) in [5.41, 5.74) is 0. The fourth-order valence-electron chi connectivity index (χ4n) is 1.55. The van der Waals surface area contributed by atoms with Crippen molar-refractivity contribution >= 4 is 12.0 Å². The standard InChI is InChI=1S/C13H24N2O4/c1-5-6-15(7-8-19-4)13(18)14-9-11(10(2)3)12(16)17/h5,10-11H,1,6-9H2,2-4H3,(H,14,18)(H,16,17). The number of aliphatic carboxylic acids is 1. The van der Waals surface area contributed by atoms with Crippen LogP contribution in [0.3, 0.4) is 0 Å². The highest BCUT2D eigenvalue weighted by Gasteiger charge is 2.23. The van der Waals surface area contributed by atoms with E-state index in [2.05, 4.69) is 11.9 Å². The zero-order chi connectivity index (χ0) is 14.8. The number of rotatable bonds is 9. The maximum Gasteiger partial charge on any atom is 0.317 e. The van der Waals surface area contributed by atoms with E-state index >= 15 is 0 Å². The van der Waals surface area contributed by atoms with Gasteiger partial charge in [-0.2, -0.15) is 0 Å². The van der Waals surface area contributed by atoms with E-state index in [1.165, 1.54) is 4.90 Å². The Morgan fingerprint density at radius 1 is 1.47 bits per heavy atom. The van der Waals surface area contributed by atoms with Crippen molar-refractivity contribution in [3.8, 4) is 0 Å². The predicted octanol–water partition coefficient (Wildman–Crippen LogP) is 1.19. The smallest absolute Gasteiger partial charge is 0.317 e. The molecule has 0 aromatic carbocycles. The molecule has 0 bridgehead atoms. The maximum absolute atomic E-state index is 11.9. The van der Waals surface area contributed by atoms with E-state index in [1.54, 1.807) is 13.2 Å². The fraction of sp³-hybridized carbons (Fsp3) is 0.692. The first-order valence-electron chi connectivity index (χ1n) is 6.29. The van der Waals surface area contributed by atoms with Crippen molar-refractivity contribution in [2.75, 3.05) is 33.4 Å². The molecule has 0 spiro atoms. The van der Waals surface area contributed by atoms with Crippen molar-refractivity contribution in [3.63, 3.8) is 0 Å². The third-order valence-electron chi connectivity index (χ3n) is 2.80. The first-order chi connectivity index (χ1) is 8.93. The molecule has 0 aromatic heterocycles. The van der Waals surface area contributed by atoms with Gasteiger partial charge < -0.3 is 20.1 Å². The number of carbonyl (C=O) groups is 2. The lowest BCUT2D eigenvalue weighted by atomic mass is 9.96. The highest BCUT2D eigenvalue weighted by molar-refractivity contribution is 5.76. The molecule has 0 aliphatic rings. The number of amides is 2. The van der Waals surface area contributed by atoms with Gasteiger partial charge in [-0.15, -0.1) is 6.58 Å². The van der Waals surface area contributed by atoms with Crippen LogP contribution in [0.1, 0.15) is 13.8 Å². The molecule has 0 fully saturated rings. The van der Waals surface area contributed by atoms with Crippen molar-refractivity contribution in [1.82, 2.24) is 10.2 Å². The number of nitrogens with zero attached hydrogens (tertiary/aromatic N) is 1. The second kappa shape index (κ2) is 9.38. The van der Waals surface area contributed by atoms with E-state index in [9.17, 15) is 9.59 Å². The normalized spacial score (nSPS) is 12.0. The summed E-state index contributed by atoms with van der Waals surface area (Å²) >= 11 is 0. The molecule has 0 saturated carbocycles. The summed E-state index contributed by atoms with van der Waals surface area (Å²) in [5.74, 6) is -1.52. The molecule has 6 heteroatoms. The van der Waals surface area contributed by atoms with Gasteiger partial charge in [0, 0.05) is 26.7 Å². The van der Waals surface area contributed by atoms with E-state index in [0.29, 0.717) is 19.7 Å². The number of carbonyl (C=O) groups excluding carboxylic acids is 1. The Bertz CT molecular complexity index is 305. The van der Waals surface area contributed by atoms with Crippen LogP contribution in [-0.4, -0.2) is 55.4 Å². The van der Waals surface area contributed by atoms with Crippen LogP contribution in [0.2, 0.25) is 0 Å². The van der Waals surface area contributed by atoms with Gasteiger partial charge in [-0.3, -0.25) is 4.79 Å². The SMILES string of the molecule is C=CCN(CCOC)C(=O)NCC(C(=O)O)C(C)C. The van der Waals surface area contributed by atoms with Crippen molar-refractivity contribution in [1.29, 1.82) is 0 Å². The number of carboxylic acids is 1. The molecule has 1 unspecified atom stereocenters. The minimum Gasteiger partial charge on any atom is -0.481 e. The number of nitrogens with one attached hydrogen (secondary N) is 1. The molecule has 2 N–H and O–H groups in total. The van der Waals surface area contributed by atoms with Gasteiger partial charge in [0.25, 0.3) is 0 Å². The lowest BCUT2D eigenvalue weighted by Gasteiger charge is -2.23. The highest BCUT2D eigenvalue weighted by atomic mass is 16.5. The summed E-state index contributed by atoms with van der Waals surface area (Å²) in [6.07, 6.45) is 1.62. The minimum atomic E-state index is -0.900. The summed E-state index contributed by atoms with van der Waals surface area (Å²) in [5, 5.41) is 11.7. The molecule has 0 aliphatic carbocycles. The van der Waals surface area contributed by atoms with E-state index in [1.807, 2.05) is 13.8 Å². The number of urea groups is 1. The third kappa shape index (κ3) is 6.81. The third-order valence-corrected chi connectivity index (χ3v) is 2.80. The topological polar surface area (TPSA) is 78.9 Å². The van der Waals surface area contributed by atoms with Gasteiger partial charge in [0.1, 0.15) is 0 Å². The van der Waals surface area contributed by atoms with E-state index < -0.39 is 11.9 Å². The van der Waals surface area contributed by atoms with E-state index in [-0.39, 0.29) is 18.5 Å². The van der Waals surface area contributed by atoms with Crippen LogP contribution in [0, 0.1) is 11.8 Å². The summed E-state index contributed by atoms with van der Waals surface area (Å²) in [7, 11) is 1.56. The molecule has 0 heterocycles. The van der Waals surface area contributed by atoms with E-state index in [0.717, 1.165) is 0 Å². The number of ether oxygens (including phenoxy) is 1. The largest absolute Gasteiger partial charge is 0.481 e. The molecule has 2 amide bonds. The first-order valence-corrected chi connectivity index (χ1v) is 6.29. The first kappa shape index (κ1) is 17.4. The number of methoxy groups -OCH3 is 1. The van der Waals surface area contributed by atoms with Crippen LogP contribution < -0.4 is 5.32 Å². The molecule has 0 radical (unpaired) electrons. The van der Waals surface area contributed by atoms with Gasteiger partial charge in [-0.05, 0) is 5.92 Å². The van der Waals surface area contributed by atoms with Crippen LogP contribution in [0.5, 0.6) is 0 Å². The molecule has 0 saturated heterocycles. The van der Waals surface area contributed by atoms with Crippen LogP contribution in [0.15, 0.2) is 12.7 Å². The van der Waals surface area contributed by atoms with Crippen molar-refractivity contribution in [3.05, 3.63) is 12.7 Å². The molecule has 110 valence electrons. The van der Waals surface area contributed by atoms with E-state index in [4.69, 9.17) is 9.84 Å². The quantitative estimate of drug-likeness (QED) is 0.618. The number of hydrogen-bond donors (Lipinski definition) is 2. The van der Waals surface area contributed by atoms with Gasteiger partial charge in [0.05, 0.1) is 12.5 Å². The van der Waals surface area contributed by atoms with Gasteiger partial charge in [0.2, 0.25) is 0 Å². The minimum absolute atomic E-state index is 0.0374. The lowest BCUT2D eigenvalue weighted by molar-refractivity contribution is -0.142. The second-order valence-corrected chi connectivity index (χ2v) is 4.60. The van der Waals surface area contributed by atoms with Crippen molar-refractivity contribution in [2.45, 2.75) is 13.8 Å². The van der Waals surface area contributed by atoms with Gasteiger partial charge in [-0.1, -0.05) is 19.9 Å². The molecule has 1 atom stereocenters. The Labute approximate surface area is 114 Å². The Morgan fingerprint density at radius 3 is 2.53 bits per heavy atom. The average Bonchev–Trinajstić information content (AvgIpc) is 2.33. The summed E-state index contributed by atoms with van der Waals surface area (Å²) in [6, 6.07) is -0.302. The van der Waals surface area contributed by atoms with Crippen molar-refractivity contribution in [2.24, 2.45) is 11.8 Å². The molecule has 19 heavy (non-hydrogen) atoms. The van der Waals surface area contributed by atoms with Gasteiger partial charge in [-0.25, -0.2) is 4.79 Å². The highest BCUT2D eigenvalue weighted by Crippen LogP contribution is 2.09. The Kier molecular flexibility index (Phi) is 8.61. The Hall–Kier alpha value is -1.56. The number of hydrogen-bond acceptors (Lipinski definition) is 3. The summed E-state index contributed by atoms with van der Waals surface area (Å²) in [4.78, 5) is 24.5. The van der Waals surface area contributed by atoms with Crippen LogP contribution in [0.25, 0.3) is 0 Å². The maximum atomic E-state index is 11.9. The molecule has 0 aliphatic heterocycles. The van der Waals surface area contributed by atoms with Crippen LogP contribution >= 0.6 is 0 Å². The molecule has 0 rings (SSSR count). The monoisotopic (exact) mass is 272 g/mol. The van der Waals surface area contributed by atoms with Crippen molar-refractivity contribution < 1.29 is 19.4 Å². The fourth-order valence-corrected chi connectivity index (χ4v) is 1.55. The number of carboxylic acid groups (broad SMARTS) is 1. The molecule has 0 aromatic rings. The molecule has 6 nitrogen and oxygen atoms in total.